The standard InChI is InChI=1S/C38H45FN6O5Si/c1-25-36(51(3,4)39)34(15-17-43-23-32(41-42-43)30(24-46)27-10-6-5-7-11-27)50-38(25)31-20-29(49-2)13-14-33(31)45(37(38)48)22-26-9-8-12-28(19-26)44-18-16-40-21-35(44)47/h5-14,19-20,23,25,30,34,36,40,46H,15-18,21-22,24H2,1-4H3/t25-,30?,34+,36-,38+/m0/s1. The van der Waals surface area contributed by atoms with Gasteiger partial charge >= 0.3 is 0 Å². The van der Waals surface area contributed by atoms with Crippen LogP contribution in [-0.2, 0) is 33.0 Å². The van der Waals surface area contributed by atoms with Crippen LogP contribution in [0.3, 0.4) is 0 Å². The van der Waals surface area contributed by atoms with Crippen LogP contribution >= 0.6 is 0 Å². The zero-order valence-corrected chi connectivity index (χ0v) is 30.5. The van der Waals surface area contributed by atoms with Gasteiger partial charge in [-0.25, -0.2) is 0 Å². The quantitative estimate of drug-likeness (QED) is 0.169. The number of hydrogen-bond donors (Lipinski definition) is 2. The number of carbonyl (C=O) groups excluding carboxylic acids is 2. The molecule has 0 radical (unpaired) electrons. The topological polar surface area (TPSA) is 122 Å². The normalized spacial score (nSPS) is 24.0. The van der Waals surface area contributed by atoms with Gasteiger partial charge in [-0.05, 0) is 61.0 Å². The number of amides is 2. The highest BCUT2D eigenvalue weighted by Gasteiger charge is 2.66. The Morgan fingerprint density at radius 2 is 1.92 bits per heavy atom. The monoisotopic (exact) mass is 712 g/mol. The molecule has 0 saturated carbocycles. The molecule has 2 amide bonds. The third-order valence-electron chi connectivity index (χ3n) is 10.8. The van der Waals surface area contributed by atoms with Gasteiger partial charge in [-0.2, -0.15) is 0 Å². The number of aryl methyl sites for hydroxylation is 1. The largest absolute Gasteiger partial charge is 0.497 e. The SMILES string of the molecule is COc1ccc2c(c1)[C@@]1(O[C@H](CCn3cc(C(CO)c4ccccc4)nn3)[C@@H]([Si](C)(C)F)[C@@H]1C)C(=O)N2Cc1cccc(N2CCNCC2=O)c1. The van der Waals surface area contributed by atoms with Crippen molar-refractivity contribution in [2.45, 2.75) is 62.7 Å². The number of piperazine rings is 1. The average molecular weight is 713 g/mol. The smallest absolute Gasteiger partial charge is 0.264 e. The van der Waals surface area contributed by atoms with Crippen LogP contribution in [0.4, 0.5) is 15.5 Å². The molecule has 2 fully saturated rings. The fourth-order valence-electron chi connectivity index (χ4n) is 8.36. The number of carbonyl (C=O) groups is 2. The number of rotatable bonds is 11. The van der Waals surface area contributed by atoms with Gasteiger partial charge in [0.2, 0.25) is 14.3 Å². The van der Waals surface area contributed by atoms with E-state index in [0.29, 0.717) is 48.7 Å². The lowest BCUT2D eigenvalue weighted by molar-refractivity contribution is -0.146. The molecule has 11 nitrogen and oxygen atoms in total. The number of aromatic nitrogens is 3. The molecule has 3 aliphatic rings. The summed E-state index contributed by atoms with van der Waals surface area (Å²) in [6, 6.07) is 22.9. The minimum Gasteiger partial charge on any atom is -0.497 e. The van der Waals surface area contributed by atoms with Crippen LogP contribution in [-0.4, -0.2) is 79.8 Å². The Morgan fingerprint density at radius 1 is 1.12 bits per heavy atom. The van der Waals surface area contributed by atoms with Crippen LogP contribution in [0.5, 0.6) is 5.75 Å². The number of methoxy groups -OCH3 is 1. The molecule has 3 aliphatic heterocycles. The molecule has 1 spiro atoms. The first-order chi connectivity index (χ1) is 24.5. The highest BCUT2D eigenvalue weighted by atomic mass is 28.4. The molecule has 7 rings (SSSR count). The molecule has 268 valence electrons. The van der Waals surface area contributed by atoms with Gasteiger partial charge in [0.25, 0.3) is 5.91 Å². The number of aliphatic hydroxyl groups is 1. The highest BCUT2D eigenvalue weighted by molar-refractivity contribution is 6.72. The summed E-state index contributed by atoms with van der Waals surface area (Å²) < 4.78 is 30.7. The van der Waals surface area contributed by atoms with E-state index in [1.165, 1.54) is 0 Å². The summed E-state index contributed by atoms with van der Waals surface area (Å²) in [4.78, 5) is 31.1. The van der Waals surface area contributed by atoms with Gasteiger partial charge < -0.3 is 33.8 Å². The summed E-state index contributed by atoms with van der Waals surface area (Å²) in [7, 11) is -1.81. The van der Waals surface area contributed by atoms with E-state index in [9.17, 15) is 14.7 Å². The summed E-state index contributed by atoms with van der Waals surface area (Å²) >= 11 is 0. The van der Waals surface area contributed by atoms with Crippen molar-refractivity contribution in [1.82, 2.24) is 20.3 Å². The maximum absolute atomic E-state index is 16.5. The molecule has 1 unspecified atom stereocenters. The molecule has 2 N–H and O–H groups in total. The Kier molecular flexibility index (Phi) is 9.57. The summed E-state index contributed by atoms with van der Waals surface area (Å²) in [5.41, 5.74) is 2.71. The molecule has 0 aliphatic carbocycles. The van der Waals surface area contributed by atoms with Gasteiger partial charge in [0.15, 0.2) is 5.60 Å². The predicted octanol–water partition coefficient (Wildman–Crippen LogP) is 4.76. The number of aliphatic hydroxyl groups excluding tert-OH is 1. The third kappa shape index (κ3) is 6.37. The van der Waals surface area contributed by atoms with E-state index in [2.05, 4.69) is 15.6 Å². The van der Waals surface area contributed by atoms with Crippen molar-refractivity contribution in [3.63, 3.8) is 0 Å². The molecule has 4 heterocycles. The Morgan fingerprint density at radius 3 is 2.65 bits per heavy atom. The molecule has 0 bridgehead atoms. The Labute approximate surface area is 298 Å². The average Bonchev–Trinajstić information content (AvgIpc) is 3.78. The maximum atomic E-state index is 16.5. The number of anilines is 2. The minimum absolute atomic E-state index is 0.00170. The molecule has 3 aromatic carbocycles. The summed E-state index contributed by atoms with van der Waals surface area (Å²) in [6.45, 7) is 7.42. The van der Waals surface area contributed by atoms with E-state index < -0.39 is 31.6 Å². The fourth-order valence-corrected chi connectivity index (χ4v) is 10.9. The number of halogens is 1. The maximum Gasteiger partial charge on any atom is 0.264 e. The number of benzene rings is 3. The van der Waals surface area contributed by atoms with Crippen molar-refractivity contribution in [1.29, 1.82) is 0 Å². The fraction of sp³-hybridized carbons (Fsp3) is 0.421. The highest BCUT2D eigenvalue weighted by Crippen LogP contribution is 2.60. The molecule has 1 aromatic heterocycles. The van der Waals surface area contributed by atoms with Gasteiger partial charge in [-0.3, -0.25) is 14.3 Å². The number of hydrogen-bond acceptors (Lipinski definition) is 8. The first kappa shape index (κ1) is 35.0. The number of ether oxygens (including phenoxy) is 2. The zero-order valence-electron chi connectivity index (χ0n) is 29.5. The van der Waals surface area contributed by atoms with Crippen LogP contribution in [0.15, 0.2) is 79.0 Å². The van der Waals surface area contributed by atoms with E-state index in [0.717, 1.165) is 16.8 Å². The van der Waals surface area contributed by atoms with Gasteiger partial charge in [0.05, 0.1) is 50.2 Å². The lowest BCUT2D eigenvalue weighted by Gasteiger charge is -2.31. The Bertz CT molecular complexity index is 1900. The zero-order chi connectivity index (χ0) is 35.9. The second-order valence-electron chi connectivity index (χ2n) is 14.3. The lowest BCUT2D eigenvalue weighted by Crippen LogP contribution is -2.48. The predicted molar refractivity (Wildman–Crippen MR) is 194 cm³/mol. The molecule has 5 atom stereocenters. The Hall–Kier alpha value is -4.43. The number of fused-ring (bicyclic) bond motifs is 2. The van der Waals surface area contributed by atoms with E-state index in [-0.39, 0.29) is 37.4 Å². The molecular formula is C38H45FN6O5Si. The van der Waals surface area contributed by atoms with Crippen LogP contribution in [0.1, 0.15) is 41.6 Å². The number of nitrogens with one attached hydrogen (secondary N) is 1. The third-order valence-corrected chi connectivity index (χ3v) is 13.2. The van der Waals surface area contributed by atoms with Gasteiger partial charge in [0, 0.05) is 48.5 Å². The molecular weight excluding hydrogens is 668 g/mol. The van der Waals surface area contributed by atoms with Crippen molar-refractivity contribution in [2.75, 3.05) is 43.2 Å². The van der Waals surface area contributed by atoms with E-state index in [1.54, 1.807) is 34.7 Å². The van der Waals surface area contributed by atoms with E-state index in [4.69, 9.17) is 9.47 Å². The van der Waals surface area contributed by atoms with Crippen LogP contribution < -0.4 is 19.9 Å². The summed E-state index contributed by atoms with van der Waals surface area (Å²) in [5.74, 6) is -0.430. The lowest BCUT2D eigenvalue weighted by atomic mass is 9.82. The Balaban J connectivity index is 1.18. The summed E-state index contributed by atoms with van der Waals surface area (Å²) in [6.07, 6.45) is 1.68. The second-order valence-corrected chi connectivity index (χ2v) is 18.1. The van der Waals surface area contributed by atoms with Crippen molar-refractivity contribution >= 4 is 31.6 Å². The first-order valence-electron chi connectivity index (χ1n) is 17.6. The van der Waals surface area contributed by atoms with Crippen molar-refractivity contribution in [2.24, 2.45) is 5.92 Å². The van der Waals surface area contributed by atoms with Gasteiger partial charge in [-0.1, -0.05) is 54.6 Å². The van der Waals surface area contributed by atoms with Crippen molar-refractivity contribution < 1.29 is 28.3 Å². The number of nitrogens with zero attached hydrogens (tertiary/aromatic N) is 5. The molecule has 51 heavy (non-hydrogen) atoms. The second kappa shape index (κ2) is 13.9. The first-order valence-corrected chi connectivity index (χ1v) is 20.5. The summed E-state index contributed by atoms with van der Waals surface area (Å²) in [5, 5.41) is 22.0. The van der Waals surface area contributed by atoms with Gasteiger partial charge in [-0.15, -0.1) is 5.10 Å². The van der Waals surface area contributed by atoms with Gasteiger partial charge in [0.1, 0.15) is 5.75 Å². The molecule has 13 heteroatoms. The minimum atomic E-state index is -3.39. The van der Waals surface area contributed by atoms with E-state index in [1.807, 2.05) is 85.9 Å². The van der Waals surface area contributed by atoms with Crippen LogP contribution in [0.2, 0.25) is 18.6 Å². The molecule has 2 saturated heterocycles. The van der Waals surface area contributed by atoms with Crippen molar-refractivity contribution in [3.05, 3.63) is 101 Å². The van der Waals surface area contributed by atoms with Crippen LogP contribution in [0, 0.1) is 5.92 Å². The van der Waals surface area contributed by atoms with Crippen LogP contribution in [0.25, 0.3) is 0 Å². The molecule has 4 aromatic rings. The van der Waals surface area contributed by atoms with Crippen molar-refractivity contribution in [3.8, 4) is 5.75 Å². The van der Waals surface area contributed by atoms with E-state index >= 15 is 4.11 Å².